The molecule has 1 heterocycles. The summed E-state index contributed by atoms with van der Waals surface area (Å²) in [4.78, 5) is 8.66. The molecule has 0 spiro atoms. The maximum atomic E-state index is 4.46. The Hall–Kier alpha value is -1.14. The number of anilines is 2. The molecule has 0 fully saturated rings. The average Bonchev–Trinajstić information content (AvgIpc) is 2.43. The zero-order valence-corrected chi connectivity index (χ0v) is 14.5. The Bertz CT molecular complexity index is 572. The fourth-order valence-electron chi connectivity index (χ4n) is 1.75. The first-order chi connectivity index (χ1) is 9.60. The van der Waals surface area contributed by atoms with Gasteiger partial charge >= 0.3 is 0 Å². The van der Waals surface area contributed by atoms with Gasteiger partial charge in [0.15, 0.2) is 0 Å². The van der Waals surface area contributed by atoms with Crippen LogP contribution in [0, 0.1) is 0 Å². The SMILES string of the molecule is CCNc1ncc(Br)c(NC(C)c2ccc(Br)cc2)n1. The van der Waals surface area contributed by atoms with Gasteiger partial charge in [0.05, 0.1) is 4.47 Å². The van der Waals surface area contributed by atoms with Gasteiger partial charge < -0.3 is 10.6 Å². The Morgan fingerprint density at radius 1 is 1.20 bits per heavy atom. The summed E-state index contributed by atoms with van der Waals surface area (Å²) in [7, 11) is 0. The van der Waals surface area contributed by atoms with E-state index < -0.39 is 0 Å². The minimum atomic E-state index is 0.156. The lowest BCUT2D eigenvalue weighted by Crippen LogP contribution is -2.10. The van der Waals surface area contributed by atoms with Crippen molar-refractivity contribution in [1.29, 1.82) is 0 Å². The van der Waals surface area contributed by atoms with Gasteiger partial charge in [-0.15, -0.1) is 0 Å². The Morgan fingerprint density at radius 3 is 2.55 bits per heavy atom. The minimum Gasteiger partial charge on any atom is -0.362 e. The number of aromatic nitrogens is 2. The molecule has 4 nitrogen and oxygen atoms in total. The second kappa shape index (κ2) is 7.04. The Kier molecular flexibility index (Phi) is 5.37. The van der Waals surface area contributed by atoms with Crippen LogP contribution in [0.1, 0.15) is 25.5 Å². The zero-order chi connectivity index (χ0) is 14.5. The molecule has 1 aromatic carbocycles. The lowest BCUT2D eigenvalue weighted by Gasteiger charge is -2.16. The van der Waals surface area contributed by atoms with Gasteiger partial charge in [-0.05, 0) is 47.5 Å². The molecular weight excluding hydrogens is 384 g/mol. The largest absolute Gasteiger partial charge is 0.362 e. The maximum absolute atomic E-state index is 4.46. The molecule has 0 aliphatic heterocycles. The molecule has 20 heavy (non-hydrogen) atoms. The Balaban J connectivity index is 2.16. The van der Waals surface area contributed by atoms with Crippen LogP contribution in [0.5, 0.6) is 0 Å². The molecule has 0 aliphatic rings. The fraction of sp³-hybridized carbons (Fsp3) is 0.286. The summed E-state index contributed by atoms with van der Waals surface area (Å²) in [5.41, 5.74) is 1.20. The number of hydrogen-bond donors (Lipinski definition) is 2. The third-order valence-corrected chi connectivity index (χ3v) is 3.91. The summed E-state index contributed by atoms with van der Waals surface area (Å²) in [5, 5.41) is 6.50. The minimum absolute atomic E-state index is 0.156. The molecule has 1 unspecified atom stereocenters. The van der Waals surface area contributed by atoms with Crippen LogP contribution in [-0.2, 0) is 0 Å². The monoisotopic (exact) mass is 398 g/mol. The van der Waals surface area contributed by atoms with Crippen LogP contribution in [0.25, 0.3) is 0 Å². The van der Waals surface area contributed by atoms with E-state index in [1.54, 1.807) is 6.20 Å². The highest BCUT2D eigenvalue weighted by Gasteiger charge is 2.10. The van der Waals surface area contributed by atoms with E-state index in [2.05, 4.69) is 71.5 Å². The molecule has 6 heteroatoms. The first-order valence-electron chi connectivity index (χ1n) is 6.38. The lowest BCUT2D eigenvalue weighted by atomic mass is 10.1. The molecule has 0 saturated heterocycles. The molecule has 2 aromatic rings. The standard InChI is InChI=1S/C14H16Br2N4/c1-3-17-14-18-8-12(16)13(20-14)19-9(2)10-4-6-11(15)7-5-10/h4-9H,3H2,1-2H3,(H2,17,18,19,20). The topological polar surface area (TPSA) is 49.8 Å². The molecule has 106 valence electrons. The number of benzene rings is 1. The van der Waals surface area contributed by atoms with Gasteiger partial charge in [0.2, 0.25) is 5.95 Å². The lowest BCUT2D eigenvalue weighted by molar-refractivity contribution is 0.869. The van der Waals surface area contributed by atoms with Crippen molar-refractivity contribution >= 4 is 43.6 Å². The molecule has 1 aromatic heterocycles. The molecule has 0 amide bonds. The van der Waals surface area contributed by atoms with Crippen molar-refractivity contribution in [2.24, 2.45) is 0 Å². The van der Waals surface area contributed by atoms with Crippen LogP contribution < -0.4 is 10.6 Å². The Labute approximate surface area is 135 Å². The van der Waals surface area contributed by atoms with Crippen molar-refractivity contribution in [2.75, 3.05) is 17.2 Å². The summed E-state index contributed by atoms with van der Waals surface area (Å²) in [6.45, 7) is 4.91. The van der Waals surface area contributed by atoms with Gasteiger partial charge in [-0.3, -0.25) is 0 Å². The first kappa shape index (κ1) is 15.3. The summed E-state index contributed by atoms with van der Waals surface area (Å²) < 4.78 is 1.93. The van der Waals surface area contributed by atoms with E-state index in [1.807, 2.05) is 19.1 Å². The third-order valence-electron chi connectivity index (χ3n) is 2.80. The molecule has 2 N–H and O–H groups in total. The van der Waals surface area contributed by atoms with Crippen molar-refractivity contribution in [1.82, 2.24) is 9.97 Å². The molecule has 0 aliphatic carbocycles. The van der Waals surface area contributed by atoms with Crippen molar-refractivity contribution in [3.8, 4) is 0 Å². The van der Waals surface area contributed by atoms with E-state index >= 15 is 0 Å². The van der Waals surface area contributed by atoms with E-state index in [-0.39, 0.29) is 6.04 Å². The quantitative estimate of drug-likeness (QED) is 0.770. The predicted molar refractivity (Wildman–Crippen MR) is 90.1 cm³/mol. The van der Waals surface area contributed by atoms with Crippen molar-refractivity contribution in [3.63, 3.8) is 0 Å². The normalized spacial score (nSPS) is 12.0. The fourth-order valence-corrected chi connectivity index (χ4v) is 2.32. The third kappa shape index (κ3) is 3.93. The van der Waals surface area contributed by atoms with Gasteiger partial charge in [-0.2, -0.15) is 4.98 Å². The molecule has 0 bridgehead atoms. The number of nitrogens with one attached hydrogen (secondary N) is 2. The summed E-state index contributed by atoms with van der Waals surface area (Å²) in [6.07, 6.45) is 1.75. The second-order valence-electron chi connectivity index (χ2n) is 4.34. The summed E-state index contributed by atoms with van der Waals surface area (Å²) in [5.74, 6) is 1.41. The number of rotatable bonds is 5. The van der Waals surface area contributed by atoms with E-state index in [4.69, 9.17) is 0 Å². The van der Waals surface area contributed by atoms with Crippen LogP contribution in [0.3, 0.4) is 0 Å². The highest BCUT2D eigenvalue weighted by atomic mass is 79.9. The Morgan fingerprint density at radius 2 is 1.90 bits per heavy atom. The first-order valence-corrected chi connectivity index (χ1v) is 7.97. The van der Waals surface area contributed by atoms with Gasteiger partial charge in [0, 0.05) is 23.3 Å². The van der Waals surface area contributed by atoms with Crippen LogP contribution in [0.15, 0.2) is 39.4 Å². The van der Waals surface area contributed by atoms with Gasteiger partial charge in [0.1, 0.15) is 5.82 Å². The van der Waals surface area contributed by atoms with E-state index in [9.17, 15) is 0 Å². The van der Waals surface area contributed by atoms with Gasteiger partial charge in [0.25, 0.3) is 0 Å². The van der Waals surface area contributed by atoms with Crippen molar-refractivity contribution in [3.05, 3.63) is 45.0 Å². The van der Waals surface area contributed by atoms with Gasteiger partial charge in [-0.1, -0.05) is 28.1 Å². The maximum Gasteiger partial charge on any atom is 0.224 e. The average molecular weight is 400 g/mol. The van der Waals surface area contributed by atoms with Crippen molar-refractivity contribution in [2.45, 2.75) is 19.9 Å². The van der Waals surface area contributed by atoms with Gasteiger partial charge in [-0.25, -0.2) is 4.98 Å². The second-order valence-corrected chi connectivity index (χ2v) is 6.11. The van der Waals surface area contributed by atoms with E-state index in [1.165, 1.54) is 5.56 Å². The number of hydrogen-bond acceptors (Lipinski definition) is 4. The van der Waals surface area contributed by atoms with E-state index in [0.717, 1.165) is 21.3 Å². The zero-order valence-electron chi connectivity index (χ0n) is 11.3. The summed E-state index contributed by atoms with van der Waals surface area (Å²) >= 11 is 6.91. The van der Waals surface area contributed by atoms with Crippen molar-refractivity contribution < 1.29 is 0 Å². The number of nitrogens with zero attached hydrogens (tertiary/aromatic N) is 2. The van der Waals surface area contributed by atoms with Crippen LogP contribution in [0.4, 0.5) is 11.8 Å². The molecule has 2 rings (SSSR count). The molecule has 0 radical (unpaired) electrons. The molecular formula is C14H16Br2N4. The van der Waals surface area contributed by atoms with E-state index in [0.29, 0.717) is 5.95 Å². The molecule has 1 atom stereocenters. The number of halogens is 2. The summed E-state index contributed by atoms with van der Waals surface area (Å²) in [6, 6.07) is 8.40. The predicted octanol–water partition coefficient (Wildman–Crippen LogP) is 4.61. The van der Waals surface area contributed by atoms with Crippen LogP contribution in [-0.4, -0.2) is 16.5 Å². The highest BCUT2D eigenvalue weighted by Crippen LogP contribution is 2.25. The van der Waals surface area contributed by atoms with Crippen LogP contribution in [0.2, 0.25) is 0 Å². The van der Waals surface area contributed by atoms with Crippen LogP contribution >= 0.6 is 31.9 Å². The smallest absolute Gasteiger partial charge is 0.224 e. The molecule has 0 saturated carbocycles. The highest BCUT2D eigenvalue weighted by molar-refractivity contribution is 9.10.